The van der Waals surface area contributed by atoms with Gasteiger partial charge in [-0.05, 0) is 0 Å². The van der Waals surface area contributed by atoms with Crippen LogP contribution in [0.4, 0.5) is 0 Å². The second kappa shape index (κ2) is 7.81. The zero-order valence-electron chi connectivity index (χ0n) is 9.23. The third-order valence-electron chi connectivity index (χ3n) is 1.15. The van der Waals surface area contributed by atoms with Gasteiger partial charge in [-0.1, -0.05) is 0 Å². The molecule has 0 aliphatic rings. The molecule has 0 aromatic rings. The van der Waals surface area contributed by atoms with E-state index in [1.807, 2.05) is 0 Å². The largest absolute Gasteiger partial charge is 0.344 e. The van der Waals surface area contributed by atoms with Crippen molar-refractivity contribution in [2.45, 2.75) is 0 Å². The standard InChI is InChI=1S/C3H12NO9P3.2H3N/c5-14(6,7)1-4(2-15(8,9)10)3-16(11,12)13;;/h1-3H2,(H2,5,6,7)(H2,8,9,10)(H2,11,12,13);2*1H3. The second-order valence-electron chi connectivity index (χ2n) is 3.09. The molecule has 0 aliphatic heterocycles. The Balaban J connectivity index is -0.00000112. The zero-order chi connectivity index (χ0) is 13.2. The number of hydrogen-bond acceptors (Lipinski definition) is 6. The van der Waals surface area contributed by atoms with E-state index in [1.54, 1.807) is 0 Å². The van der Waals surface area contributed by atoms with E-state index in [4.69, 9.17) is 29.4 Å². The van der Waals surface area contributed by atoms with Gasteiger partial charge in [0.15, 0.2) is 0 Å². The lowest BCUT2D eigenvalue weighted by Crippen LogP contribution is -2.27. The Hall–Kier alpha value is 0.330. The summed E-state index contributed by atoms with van der Waals surface area (Å²) in [4.78, 5) is 51.6. The zero-order valence-corrected chi connectivity index (χ0v) is 11.9. The second-order valence-corrected chi connectivity index (χ2v) is 7.93. The SMILES string of the molecule is N.N.O=P(O)(O)CN(CP(=O)(O)O)CP(=O)(O)O. The molecular formula is C3H18N3O9P3. The van der Waals surface area contributed by atoms with E-state index in [0.29, 0.717) is 4.90 Å². The van der Waals surface area contributed by atoms with Crippen molar-refractivity contribution >= 4 is 22.8 Å². The summed E-state index contributed by atoms with van der Waals surface area (Å²) < 4.78 is 31.7. The number of hydrogen-bond donors (Lipinski definition) is 8. The quantitative estimate of drug-likeness (QED) is 0.273. The first-order valence-electron chi connectivity index (χ1n) is 3.65. The topological polar surface area (TPSA) is 246 Å². The molecule has 12 nitrogen and oxygen atoms in total. The molecule has 114 valence electrons. The van der Waals surface area contributed by atoms with Crippen molar-refractivity contribution in [1.82, 2.24) is 17.2 Å². The van der Waals surface area contributed by atoms with Crippen LogP contribution < -0.4 is 12.3 Å². The van der Waals surface area contributed by atoms with Crippen LogP contribution in [0.2, 0.25) is 0 Å². The van der Waals surface area contributed by atoms with Gasteiger partial charge in [0.1, 0.15) is 18.9 Å². The van der Waals surface area contributed by atoms with Gasteiger partial charge >= 0.3 is 22.8 Å². The van der Waals surface area contributed by atoms with Crippen LogP contribution in [0.25, 0.3) is 0 Å². The van der Waals surface area contributed by atoms with Gasteiger partial charge in [-0.3, -0.25) is 18.6 Å². The van der Waals surface area contributed by atoms with E-state index in [1.165, 1.54) is 0 Å². The van der Waals surface area contributed by atoms with Gasteiger partial charge in [-0.2, -0.15) is 0 Å². The van der Waals surface area contributed by atoms with Gasteiger partial charge in [0.2, 0.25) is 0 Å². The maximum Gasteiger partial charge on any atom is 0.339 e. The third-order valence-corrected chi connectivity index (χ3v) is 3.46. The minimum absolute atomic E-state index is 0. The molecule has 12 N–H and O–H groups in total. The predicted octanol–water partition coefficient (Wildman–Crippen LogP) is -0.982. The average molecular weight is 333 g/mol. The Bertz CT molecular complexity index is 311. The van der Waals surface area contributed by atoms with Gasteiger partial charge in [-0.15, -0.1) is 0 Å². The lowest BCUT2D eigenvalue weighted by atomic mass is 11.0. The molecule has 0 aromatic heterocycles. The van der Waals surface area contributed by atoms with Gasteiger partial charge in [0.25, 0.3) is 0 Å². The molecule has 0 saturated heterocycles. The summed E-state index contributed by atoms with van der Waals surface area (Å²) in [5.74, 6) is 0. The van der Waals surface area contributed by atoms with Crippen molar-refractivity contribution < 1.29 is 43.1 Å². The van der Waals surface area contributed by atoms with Crippen LogP contribution in [-0.4, -0.2) is 53.1 Å². The Morgan fingerprint density at radius 1 is 0.611 bits per heavy atom. The van der Waals surface area contributed by atoms with Crippen molar-refractivity contribution in [2.75, 3.05) is 18.9 Å². The minimum Gasteiger partial charge on any atom is -0.344 e. The highest BCUT2D eigenvalue weighted by atomic mass is 31.2. The van der Waals surface area contributed by atoms with Crippen molar-refractivity contribution in [2.24, 2.45) is 0 Å². The van der Waals surface area contributed by atoms with Crippen molar-refractivity contribution in [3.05, 3.63) is 0 Å². The highest BCUT2D eigenvalue weighted by Gasteiger charge is 2.30. The Morgan fingerprint density at radius 3 is 0.889 bits per heavy atom. The maximum absolute atomic E-state index is 10.6. The fourth-order valence-corrected chi connectivity index (χ4v) is 3.55. The molecule has 0 radical (unpaired) electrons. The lowest BCUT2D eigenvalue weighted by molar-refractivity contribution is 0.280. The fraction of sp³-hybridized carbons (Fsp3) is 1.00. The highest BCUT2D eigenvalue weighted by Crippen LogP contribution is 2.45. The van der Waals surface area contributed by atoms with Crippen LogP contribution in [0.3, 0.4) is 0 Å². The van der Waals surface area contributed by atoms with Gasteiger partial charge in [0.05, 0.1) is 0 Å². The van der Waals surface area contributed by atoms with Crippen molar-refractivity contribution in [3.8, 4) is 0 Å². The van der Waals surface area contributed by atoms with Crippen LogP contribution in [0.5, 0.6) is 0 Å². The molecule has 0 spiro atoms. The first-order chi connectivity index (χ1) is 6.79. The average Bonchev–Trinajstić information content (AvgIpc) is 1.70. The third kappa shape index (κ3) is 16.3. The van der Waals surface area contributed by atoms with E-state index in [-0.39, 0.29) is 12.3 Å². The van der Waals surface area contributed by atoms with Crippen LogP contribution in [0.1, 0.15) is 0 Å². The van der Waals surface area contributed by atoms with Crippen molar-refractivity contribution in [3.63, 3.8) is 0 Å². The molecule has 0 rings (SSSR count). The molecule has 18 heavy (non-hydrogen) atoms. The van der Waals surface area contributed by atoms with Crippen LogP contribution in [0.15, 0.2) is 0 Å². The molecule has 15 heteroatoms. The smallest absolute Gasteiger partial charge is 0.339 e. The Kier molecular flexibility index (Phi) is 10.2. The normalized spacial score (nSPS) is 12.8. The summed E-state index contributed by atoms with van der Waals surface area (Å²) in [6.07, 6.45) is -3.41. The van der Waals surface area contributed by atoms with Gasteiger partial charge in [0, 0.05) is 0 Å². The summed E-state index contributed by atoms with van der Waals surface area (Å²) in [7, 11) is -14.0. The van der Waals surface area contributed by atoms with Gasteiger partial charge < -0.3 is 41.7 Å². The highest BCUT2D eigenvalue weighted by molar-refractivity contribution is 7.53. The Morgan fingerprint density at radius 2 is 0.778 bits per heavy atom. The van der Waals surface area contributed by atoms with E-state index < -0.39 is 41.6 Å². The molecule has 0 atom stereocenters. The maximum atomic E-state index is 10.6. The van der Waals surface area contributed by atoms with Crippen LogP contribution >= 0.6 is 22.8 Å². The number of rotatable bonds is 6. The summed E-state index contributed by atoms with van der Waals surface area (Å²) >= 11 is 0. The van der Waals surface area contributed by atoms with Crippen LogP contribution in [-0.2, 0) is 13.7 Å². The number of nitrogens with zero attached hydrogens (tertiary/aromatic N) is 1. The molecule has 0 amide bonds. The molecular weight excluding hydrogens is 315 g/mol. The molecule has 0 aliphatic carbocycles. The fourth-order valence-electron chi connectivity index (χ4n) is 0.916. The first-order valence-corrected chi connectivity index (χ1v) is 9.04. The first kappa shape index (κ1) is 23.4. The summed E-state index contributed by atoms with van der Waals surface area (Å²) in [6.45, 7) is 0. The van der Waals surface area contributed by atoms with Crippen LogP contribution in [0, 0.1) is 0 Å². The van der Waals surface area contributed by atoms with Gasteiger partial charge in [-0.25, -0.2) is 0 Å². The van der Waals surface area contributed by atoms with E-state index in [9.17, 15) is 13.7 Å². The molecule has 0 bridgehead atoms. The van der Waals surface area contributed by atoms with Crippen molar-refractivity contribution in [1.29, 1.82) is 0 Å². The summed E-state index contributed by atoms with van der Waals surface area (Å²) in [5.41, 5.74) is 0. The van der Waals surface area contributed by atoms with E-state index in [0.717, 1.165) is 0 Å². The monoisotopic (exact) mass is 333 g/mol. The summed E-state index contributed by atoms with van der Waals surface area (Å²) in [6, 6.07) is 0. The predicted molar refractivity (Wildman–Crippen MR) is 62.6 cm³/mol. The van der Waals surface area contributed by atoms with E-state index in [2.05, 4.69) is 0 Å². The molecule has 0 aromatic carbocycles. The lowest BCUT2D eigenvalue weighted by Gasteiger charge is -2.22. The molecule has 0 fully saturated rings. The Labute approximate surface area is 103 Å². The minimum atomic E-state index is -4.65. The molecule has 0 heterocycles. The molecule has 0 unspecified atom stereocenters. The van der Waals surface area contributed by atoms with E-state index >= 15 is 0 Å². The molecule has 0 saturated carbocycles. The summed E-state index contributed by atoms with van der Waals surface area (Å²) in [5, 5.41) is 0.